The molecule has 4 aromatic rings. The zero-order chi connectivity index (χ0) is 32.7. The number of rotatable bonds is 6. The first-order valence-electron chi connectivity index (χ1n) is 14.6. The number of fused-ring (bicyclic) bond motifs is 1. The molecule has 1 saturated heterocycles. The van der Waals surface area contributed by atoms with E-state index in [0.29, 0.717) is 41.2 Å². The van der Waals surface area contributed by atoms with Crippen LogP contribution in [0, 0.1) is 12.7 Å². The van der Waals surface area contributed by atoms with Gasteiger partial charge >= 0.3 is 5.69 Å². The molecule has 0 unspecified atom stereocenters. The number of hydrogen-bond acceptors (Lipinski definition) is 6. The molecule has 0 N–H and O–H groups in total. The number of pyridine rings is 2. The Morgan fingerprint density at radius 3 is 2.47 bits per heavy atom. The average Bonchev–Trinajstić information content (AvgIpc) is 2.97. The van der Waals surface area contributed by atoms with Crippen LogP contribution in [0.5, 0.6) is 0 Å². The van der Waals surface area contributed by atoms with Crippen LogP contribution in [0.4, 0.5) is 10.2 Å². The Morgan fingerprint density at radius 2 is 1.84 bits per heavy atom. The van der Waals surface area contributed by atoms with Crippen LogP contribution in [-0.2, 0) is 4.79 Å². The van der Waals surface area contributed by atoms with E-state index < -0.39 is 11.5 Å². The molecule has 1 aliphatic heterocycles. The molecular formula is C33H32B2ClFN6O2. The summed E-state index contributed by atoms with van der Waals surface area (Å²) in [6.45, 7) is 14.2. The monoisotopic (exact) mass is 620 g/mol. The van der Waals surface area contributed by atoms with Gasteiger partial charge in [-0.05, 0) is 62.1 Å². The maximum atomic E-state index is 15.6. The van der Waals surface area contributed by atoms with Crippen molar-refractivity contribution in [3.63, 3.8) is 0 Å². The first-order valence-corrected chi connectivity index (χ1v) is 15.0. The molecule has 226 valence electrons. The maximum absolute atomic E-state index is 15.6. The largest absolute Gasteiger partial charge is 0.355 e. The van der Waals surface area contributed by atoms with Crippen LogP contribution >= 0.6 is 11.6 Å². The smallest absolute Gasteiger partial charge is 0.347 e. The summed E-state index contributed by atoms with van der Waals surface area (Å²) in [7, 11) is 11.5. The average molecular weight is 621 g/mol. The molecule has 4 radical (unpaired) electrons. The first-order chi connectivity index (χ1) is 21.3. The normalized spacial score (nSPS) is 16.7. The lowest BCUT2D eigenvalue weighted by Gasteiger charge is -2.45. The SMILES string of the molecule is [B]C([B])=Cc1cccc(F)c1-c1nc2c(cc1Cl)c(N1[C@@H](C)CN(C(=O)C=C)C[C@@H]1C)nc(=O)n2-c1c(C)ccnc1C(C)C. The zero-order valence-corrected chi connectivity index (χ0v) is 26.6. The molecule has 3 aromatic heterocycles. The summed E-state index contributed by atoms with van der Waals surface area (Å²) in [5.41, 5.74) is 2.21. The minimum Gasteiger partial charge on any atom is -0.347 e. The van der Waals surface area contributed by atoms with E-state index in [1.807, 2.05) is 45.6 Å². The fraction of sp³-hybridized carbons (Fsp3) is 0.303. The third kappa shape index (κ3) is 5.93. The fourth-order valence-corrected chi connectivity index (χ4v) is 6.35. The molecule has 0 spiro atoms. The van der Waals surface area contributed by atoms with Crippen molar-refractivity contribution >= 4 is 56.1 Å². The van der Waals surface area contributed by atoms with Crippen molar-refractivity contribution in [2.24, 2.45) is 0 Å². The van der Waals surface area contributed by atoms with E-state index in [2.05, 4.69) is 16.5 Å². The van der Waals surface area contributed by atoms with E-state index in [0.717, 1.165) is 5.56 Å². The Bertz CT molecular complexity index is 1910. The van der Waals surface area contributed by atoms with E-state index in [4.69, 9.17) is 32.3 Å². The zero-order valence-electron chi connectivity index (χ0n) is 25.9. The molecule has 4 heterocycles. The number of hydrogen-bond donors (Lipinski definition) is 0. The van der Waals surface area contributed by atoms with Gasteiger partial charge in [0.15, 0.2) is 5.65 Å². The summed E-state index contributed by atoms with van der Waals surface area (Å²) in [4.78, 5) is 44.5. The first kappa shape index (κ1) is 32.2. The number of nitrogens with zero attached hydrogens (tertiary/aromatic N) is 6. The van der Waals surface area contributed by atoms with Crippen LogP contribution in [0.15, 0.2) is 59.3 Å². The van der Waals surface area contributed by atoms with Gasteiger partial charge in [0.25, 0.3) is 0 Å². The van der Waals surface area contributed by atoms with Gasteiger partial charge in [0.05, 0.1) is 43.2 Å². The number of aryl methyl sites for hydroxylation is 1. The lowest BCUT2D eigenvalue weighted by Crippen LogP contribution is -2.58. The van der Waals surface area contributed by atoms with Gasteiger partial charge in [-0.15, -0.1) is 0 Å². The van der Waals surface area contributed by atoms with Crippen LogP contribution in [0.3, 0.4) is 0 Å². The second kappa shape index (κ2) is 12.6. The molecular weight excluding hydrogens is 588 g/mol. The highest BCUT2D eigenvalue weighted by atomic mass is 35.5. The van der Waals surface area contributed by atoms with E-state index in [-0.39, 0.29) is 51.2 Å². The predicted molar refractivity (Wildman–Crippen MR) is 180 cm³/mol. The molecule has 45 heavy (non-hydrogen) atoms. The highest BCUT2D eigenvalue weighted by Crippen LogP contribution is 2.38. The van der Waals surface area contributed by atoms with E-state index in [1.54, 1.807) is 23.2 Å². The maximum Gasteiger partial charge on any atom is 0.355 e. The van der Waals surface area contributed by atoms with Crippen LogP contribution in [-0.4, -0.2) is 71.2 Å². The second-order valence-corrected chi connectivity index (χ2v) is 12.1. The number of piperazine rings is 1. The van der Waals surface area contributed by atoms with Crippen molar-refractivity contribution in [2.75, 3.05) is 18.0 Å². The van der Waals surface area contributed by atoms with E-state index in [1.165, 1.54) is 28.9 Å². The van der Waals surface area contributed by atoms with Crippen molar-refractivity contribution in [2.45, 2.75) is 52.6 Å². The van der Waals surface area contributed by atoms with Crippen molar-refractivity contribution in [3.05, 3.63) is 92.7 Å². The Labute approximate surface area is 269 Å². The Hall–Kier alpha value is -4.24. The number of anilines is 1. The molecule has 0 saturated carbocycles. The predicted octanol–water partition coefficient (Wildman–Crippen LogP) is 5.31. The topological polar surface area (TPSA) is 84.2 Å². The summed E-state index contributed by atoms with van der Waals surface area (Å²) in [5, 5.41) is 0.598. The number of amides is 1. The van der Waals surface area contributed by atoms with Gasteiger partial charge in [-0.3, -0.25) is 9.78 Å². The molecule has 1 amide bonds. The number of carbonyl (C=O) groups is 1. The summed E-state index contributed by atoms with van der Waals surface area (Å²) in [6.07, 6.45) is 4.42. The number of carbonyl (C=O) groups excluding carboxylic acids is 1. The van der Waals surface area contributed by atoms with Gasteiger partial charge < -0.3 is 9.80 Å². The summed E-state index contributed by atoms with van der Waals surface area (Å²) in [6, 6.07) is 7.52. The van der Waals surface area contributed by atoms with Gasteiger partial charge in [-0.1, -0.05) is 50.2 Å². The lowest BCUT2D eigenvalue weighted by atomic mass is 9.77. The minimum atomic E-state index is -0.590. The molecule has 12 heteroatoms. The Balaban J connectivity index is 1.88. The van der Waals surface area contributed by atoms with Crippen molar-refractivity contribution in [3.8, 4) is 16.9 Å². The van der Waals surface area contributed by atoms with Gasteiger partial charge in [-0.25, -0.2) is 18.7 Å². The second-order valence-electron chi connectivity index (χ2n) is 11.7. The summed E-state index contributed by atoms with van der Waals surface area (Å²) in [5.74, 6) is -0.435. The van der Waals surface area contributed by atoms with E-state index >= 15 is 4.39 Å². The molecule has 0 bridgehead atoms. The molecule has 5 rings (SSSR count). The van der Waals surface area contributed by atoms with Crippen LogP contribution in [0.25, 0.3) is 34.1 Å². The summed E-state index contributed by atoms with van der Waals surface area (Å²) >= 11 is 6.91. The van der Waals surface area contributed by atoms with Crippen LogP contribution in [0.1, 0.15) is 50.4 Å². The Kier molecular flexibility index (Phi) is 9.03. The van der Waals surface area contributed by atoms with Crippen LogP contribution < -0.4 is 10.6 Å². The third-order valence-corrected chi connectivity index (χ3v) is 8.27. The number of aromatic nitrogens is 4. The highest BCUT2D eigenvalue weighted by molar-refractivity contribution is 6.50. The molecule has 8 nitrogen and oxygen atoms in total. The summed E-state index contributed by atoms with van der Waals surface area (Å²) < 4.78 is 17.0. The lowest BCUT2D eigenvalue weighted by molar-refractivity contribution is -0.127. The van der Waals surface area contributed by atoms with Gasteiger partial charge in [0.1, 0.15) is 11.6 Å². The Morgan fingerprint density at radius 1 is 1.16 bits per heavy atom. The molecule has 2 atom stereocenters. The molecule has 1 fully saturated rings. The standard InChI is InChI=1S/C33H32B2ClFN6O2/c1-7-26(44)41-15-19(5)42(20(6)16-41)32-22-14-23(36)29(27-21(13-25(34)35)9-8-10-24(27)37)39-31(22)43(33(45)40-32)30-18(4)11-12-38-28(30)17(2)3/h7-14,17,19-20H,1,15-16H2,2-6H3/t19-,20-/m0/s1. The number of halogens is 2. The third-order valence-electron chi connectivity index (χ3n) is 7.98. The van der Waals surface area contributed by atoms with Gasteiger partial charge in [0.2, 0.25) is 5.91 Å². The van der Waals surface area contributed by atoms with E-state index in [9.17, 15) is 9.59 Å². The van der Waals surface area contributed by atoms with Crippen molar-refractivity contribution < 1.29 is 9.18 Å². The van der Waals surface area contributed by atoms with Gasteiger partial charge in [0, 0.05) is 36.9 Å². The quantitative estimate of drug-likeness (QED) is 0.215. The number of benzene rings is 1. The molecule has 0 aliphatic carbocycles. The minimum absolute atomic E-state index is 0.0215. The van der Waals surface area contributed by atoms with Crippen molar-refractivity contribution in [1.29, 1.82) is 0 Å². The fourth-order valence-electron chi connectivity index (χ4n) is 6.10. The highest BCUT2D eigenvalue weighted by Gasteiger charge is 2.34. The van der Waals surface area contributed by atoms with Gasteiger partial charge in [-0.2, -0.15) is 10.4 Å². The molecule has 1 aromatic carbocycles. The molecule has 1 aliphatic rings. The van der Waals surface area contributed by atoms with Crippen molar-refractivity contribution in [1.82, 2.24) is 24.4 Å². The van der Waals surface area contributed by atoms with Crippen LogP contribution in [0.2, 0.25) is 5.02 Å².